The monoisotopic (exact) mass is 342 g/mol. The van der Waals surface area contributed by atoms with Gasteiger partial charge in [0.2, 0.25) is 5.60 Å². The lowest BCUT2D eigenvalue weighted by Gasteiger charge is -2.36. The summed E-state index contributed by atoms with van der Waals surface area (Å²) in [6.45, 7) is -0.615. The van der Waals surface area contributed by atoms with Crippen molar-refractivity contribution < 1.29 is 41.3 Å². The number of fused-ring (bicyclic) bond motifs is 2. The third-order valence-electron chi connectivity index (χ3n) is 4.94. The molecule has 4 nitrogen and oxygen atoms in total. The van der Waals surface area contributed by atoms with Crippen molar-refractivity contribution in [3.63, 3.8) is 0 Å². The second-order valence-corrected chi connectivity index (χ2v) is 6.54. The molecule has 130 valence electrons. The number of allylic oxidation sites excluding steroid dienone is 2. The van der Waals surface area contributed by atoms with Gasteiger partial charge in [-0.2, -0.15) is 22.0 Å². The number of hydrogen-bond donors (Lipinski definition) is 1. The first-order valence-corrected chi connectivity index (χ1v) is 7.13. The number of esters is 1. The Hall–Kier alpha value is -1.22. The summed E-state index contributed by atoms with van der Waals surface area (Å²) in [5.41, 5.74) is -2.89. The molecule has 3 rings (SSSR count). The highest BCUT2D eigenvalue weighted by atomic mass is 19.4. The van der Waals surface area contributed by atoms with Gasteiger partial charge in [-0.1, -0.05) is 12.2 Å². The van der Waals surface area contributed by atoms with E-state index in [2.05, 4.69) is 4.74 Å². The number of rotatable bonds is 2. The van der Waals surface area contributed by atoms with E-state index >= 15 is 0 Å². The molecule has 0 aromatic rings. The first kappa shape index (κ1) is 16.6. The van der Waals surface area contributed by atoms with E-state index in [0.717, 1.165) is 0 Å². The summed E-state index contributed by atoms with van der Waals surface area (Å²) in [7, 11) is 0. The summed E-state index contributed by atoms with van der Waals surface area (Å²) in [4.78, 5) is 12.1. The van der Waals surface area contributed by atoms with Crippen LogP contribution in [0.25, 0.3) is 0 Å². The minimum Gasteiger partial charge on any atom is -0.450 e. The highest BCUT2D eigenvalue weighted by Gasteiger charge is 2.82. The van der Waals surface area contributed by atoms with Crippen molar-refractivity contribution in [3.8, 4) is 0 Å². The van der Waals surface area contributed by atoms with Crippen molar-refractivity contribution in [3.05, 3.63) is 12.2 Å². The van der Waals surface area contributed by atoms with Gasteiger partial charge in [0.25, 0.3) is 0 Å². The summed E-state index contributed by atoms with van der Waals surface area (Å²) in [5.74, 6) is -11.1. The van der Waals surface area contributed by atoms with Gasteiger partial charge in [0.1, 0.15) is 0 Å². The van der Waals surface area contributed by atoms with Crippen molar-refractivity contribution in [2.24, 2.45) is 17.8 Å². The molecule has 0 amide bonds. The van der Waals surface area contributed by atoms with Crippen LogP contribution in [0.4, 0.5) is 22.0 Å². The average Bonchev–Trinajstić information content (AvgIpc) is 3.09. The minimum absolute atomic E-state index is 0.145. The molecule has 2 fully saturated rings. The number of carbonyl (C=O) groups excluding carboxylic acids is 1. The molecule has 0 aromatic heterocycles. The second-order valence-electron chi connectivity index (χ2n) is 6.54. The molecule has 1 aliphatic heterocycles. The number of halogens is 5. The average molecular weight is 342 g/mol. The van der Waals surface area contributed by atoms with E-state index in [-0.39, 0.29) is 11.8 Å². The highest BCUT2D eigenvalue weighted by molar-refractivity contribution is 5.74. The Balaban J connectivity index is 1.80. The molecule has 1 saturated carbocycles. The van der Waals surface area contributed by atoms with Crippen LogP contribution in [-0.2, 0) is 14.3 Å². The molecule has 2 bridgehead atoms. The Morgan fingerprint density at radius 1 is 1.30 bits per heavy atom. The fourth-order valence-corrected chi connectivity index (χ4v) is 3.48. The predicted molar refractivity (Wildman–Crippen MR) is 65.2 cm³/mol. The normalized spacial score (nSPS) is 44.7. The van der Waals surface area contributed by atoms with Gasteiger partial charge in [-0.3, -0.25) is 4.79 Å². The van der Waals surface area contributed by atoms with Crippen LogP contribution < -0.4 is 0 Å². The van der Waals surface area contributed by atoms with Crippen LogP contribution in [0.15, 0.2) is 12.2 Å². The number of hydrogen-bond acceptors (Lipinski definition) is 4. The maximum atomic E-state index is 14.2. The van der Waals surface area contributed by atoms with E-state index in [9.17, 15) is 31.9 Å². The van der Waals surface area contributed by atoms with E-state index in [1.807, 2.05) is 6.08 Å². The lowest BCUT2D eigenvalue weighted by atomic mass is 9.91. The number of alkyl halides is 5. The Morgan fingerprint density at radius 2 is 1.96 bits per heavy atom. The van der Waals surface area contributed by atoms with E-state index in [0.29, 0.717) is 19.8 Å². The molecule has 5 atom stereocenters. The van der Waals surface area contributed by atoms with Crippen LogP contribution in [0, 0.1) is 17.8 Å². The van der Waals surface area contributed by atoms with E-state index in [4.69, 9.17) is 4.74 Å². The quantitative estimate of drug-likeness (QED) is 0.476. The van der Waals surface area contributed by atoms with E-state index in [1.54, 1.807) is 6.08 Å². The summed E-state index contributed by atoms with van der Waals surface area (Å²) in [5, 5.41) is 9.27. The molecule has 4 unspecified atom stereocenters. The molecule has 0 spiro atoms. The molecule has 1 saturated heterocycles. The molecule has 0 radical (unpaired) electrons. The molecule has 3 aliphatic rings. The third kappa shape index (κ3) is 2.12. The lowest BCUT2D eigenvalue weighted by molar-refractivity contribution is -0.409. The summed E-state index contributed by atoms with van der Waals surface area (Å²) >= 11 is 0. The molecule has 23 heavy (non-hydrogen) atoms. The fraction of sp³-hybridized carbons (Fsp3) is 0.786. The molecule has 9 heteroatoms. The summed E-state index contributed by atoms with van der Waals surface area (Å²) in [6.07, 6.45) is -0.888. The maximum absolute atomic E-state index is 14.2. The smallest absolute Gasteiger partial charge is 0.449 e. The van der Waals surface area contributed by atoms with Gasteiger partial charge in [-0.05, 0) is 31.6 Å². The van der Waals surface area contributed by atoms with Crippen molar-refractivity contribution >= 4 is 5.97 Å². The van der Waals surface area contributed by atoms with Crippen molar-refractivity contribution in [2.45, 2.75) is 43.3 Å². The molecule has 1 heterocycles. The largest absolute Gasteiger partial charge is 0.450 e. The van der Waals surface area contributed by atoms with Gasteiger partial charge in [-0.15, -0.1) is 0 Å². The van der Waals surface area contributed by atoms with Gasteiger partial charge in [-0.25, -0.2) is 0 Å². The van der Waals surface area contributed by atoms with Gasteiger partial charge >= 0.3 is 23.9 Å². The van der Waals surface area contributed by atoms with E-state index in [1.165, 1.54) is 0 Å². The Bertz CT molecular complexity index is 560. The highest BCUT2D eigenvalue weighted by Crippen LogP contribution is 2.55. The first-order valence-electron chi connectivity index (χ1n) is 7.13. The van der Waals surface area contributed by atoms with E-state index < -0.39 is 42.0 Å². The maximum Gasteiger partial charge on any atom is 0.449 e. The standard InChI is InChI=1S/C14H15F5O4/c1-11(6-22-13(21,12(11,15)16)14(17,18)19)23-10(20)9-5-7-2-3-8(9)4-7/h2-3,7-9,21H,4-6H2,1H3/t7-,8?,9?,11?,13?/m1/s1. The SMILES string of the molecule is CC1(OC(=O)C2C[C@@H]3C=CC2C3)COC(O)(C(F)(F)F)C1(F)F. The molecular formula is C14H15F5O4. The Labute approximate surface area is 128 Å². The van der Waals surface area contributed by atoms with Gasteiger partial charge < -0.3 is 14.6 Å². The van der Waals surface area contributed by atoms with Gasteiger partial charge in [0.15, 0.2) is 0 Å². The molecule has 0 aromatic carbocycles. The zero-order valence-corrected chi connectivity index (χ0v) is 12.1. The summed E-state index contributed by atoms with van der Waals surface area (Å²) < 4.78 is 75.3. The van der Waals surface area contributed by atoms with Crippen LogP contribution in [0.1, 0.15) is 19.8 Å². The second kappa shape index (κ2) is 4.66. The van der Waals surface area contributed by atoms with Crippen LogP contribution in [0.2, 0.25) is 0 Å². The van der Waals surface area contributed by atoms with Crippen LogP contribution in [-0.4, -0.2) is 41.2 Å². The molecule has 1 N–H and O–H groups in total. The first-order chi connectivity index (χ1) is 10.4. The lowest BCUT2D eigenvalue weighted by Crippen LogP contribution is -2.63. The fourth-order valence-electron chi connectivity index (χ4n) is 3.48. The Morgan fingerprint density at radius 3 is 2.39 bits per heavy atom. The predicted octanol–water partition coefficient (Wildman–Crippen LogP) is 2.42. The molecular weight excluding hydrogens is 327 g/mol. The van der Waals surface area contributed by atoms with Gasteiger partial charge in [0, 0.05) is 0 Å². The van der Waals surface area contributed by atoms with Crippen LogP contribution in [0.5, 0.6) is 0 Å². The number of carbonyl (C=O) groups is 1. The van der Waals surface area contributed by atoms with Gasteiger partial charge in [0.05, 0.1) is 12.5 Å². The minimum atomic E-state index is -5.73. The zero-order chi connectivity index (χ0) is 17.3. The number of ether oxygens (including phenoxy) is 2. The van der Waals surface area contributed by atoms with Crippen molar-refractivity contribution in [1.82, 2.24) is 0 Å². The molecule has 2 aliphatic carbocycles. The van der Waals surface area contributed by atoms with Crippen LogP contribution >= 0.6 is 0 Å². The number of aliphatic hydroxyl groups is 1. The summed E-state index contributed by atoms with van der Waals surface area (Å²) in [6, 6.07) is 0. The zero-order valence-electron chi connectivity index (χ0n) is 12.1. The van der Waals surface area contributed by atoms with Crippen LogP contribution in [0.3, 0.4) is 0 Å². The third-order valence-corrected chi connectivity index (χ3v) is 4.94. The van der Waals surface area contributed by atoms with Crippen molar-refractivity contribution in [2.75, 3.05) is 6.61 Å². The topological polar surface area (TPSA) is 55.8 Å². The van der Waals surface area contributed by atoms with Crippen molar-refractivity contribution in [1.29, 1.82) is 0 Å². The Kier molecular flexibility index (Phi) is 3.37.